The van der Waals surface area contributed by atoms with Gasteiger partial charge in [-0.25, -0.2) is 0 Å². The first-order valence-electron chi connectivity index (χ1n) is 16.9. The summed E-state index contributed by atoms with van der Waals surface area (Å²) in [6, 6.07) is 0. The van der Waals surface area contributed by atoms with Gasteiger partial charge in [0.05, 0.1) is 0 Å². The highest BCUT2D eigenvalue weighted by atomic mass is 16.5. The fourth-order valence-corrected chi connectivity index (χ4v) is 4.42. The number of unbranched alkanes of at least 4 members (excludes halogenated alkanes) is 10. The highest BCUT2D eigenvalue weighted by Gasteiger charge is 2.11. The lowest BCUT2D eigenvalue weighted by Crippen LogP contribution is -2.16. The summed E-state index contributed by atoms with van der Waals surface area (Å²) >= 11 is 0. The maximum atomic E-state index is 12.5. The number of ether oxygens (including phenoxy) is 1. The zero-order chi connectivity index (χ0) is 30.8. The van der Waals surface area contributed by atoms with Gasteiger partial charge in [-0.15, -0.1) is 0 Å². The van der Waals surface area contributed by atoms with E-state index >= 15 is 0 Å². The van der Waals surface area contributed by atoms with Crippen LogP contribution in [-0.2, 0) is 14.3 Å². The van der Waals surface area contributed by atoms with Gasteiger partial charge in [-0.2, -0.15) is 0 Å². The fraction of sp³-hybridized carbons (Fsp3) is 0.632. The molecule has 4 nitrogen and oxygen atoms in total. The molecule has 0 saturated carbocycles. The van der Waals surface area contributed by atoms with Crippen LogP contribution in [0.2, 0.25) is 0 Å². The molecule has 0 aliphatic rings. The number of carbonyl (C=O) groups excluding carboxylic acids is 1. The van der Waals surface area contributed by atoms with Gasteiger partial charge in [-0.05, 0) is 89.5 Å². The Bertz CT molecular complexity index is 800. The molecule has 0 aromatic rings. The summed E-state index contributed by atoms with van der Waals surface area (Å²) in [4.78, 5) is 23.2. The molecule has 0 bridgehead atoms. The van der Waals surface area contributed by atoms with Crippen molar-refractivity contribution in [3.8, 4) is 0 Å². The average Bonchev–Trinajstić information content (AvgIpc) is 2.97. The first-order valence-corrected chi connectivity index (χ1v) is 16.9. The molecule has 1 atom stereocenters. The van der Waals surface area contributed by atoms with Crippen LogP contribution in [0.5, 0.6) is 0 Å². The molecule has 0 amide bonds. The molecule has 0 heterocycles. The molecule has 0 radical (unpaired) electrons. The minimum atomic E-state index is -0.711. The van der Waals surface area contributed by atoms with Crippen LogP contribution in [0.1, 0.15) is 149 Å². The van der Waals surface area contributed by atoms with Gasteiger partial charge < -0.3 is 9.84 Å². The van der Waals surface area contributed by atoms with E-state index in [9.17, 15) is 9.59 Å². The largest absolute Gasteiger partial charge is 0.481 e. The monoisotopic (exact) mass is 582 g/mol. The van der Waals surface area contributed by atoms with Crippen molar-refractivity contribution >= 4 is 11.9 Å². The Labute approximate surface area is 258 Å². The summed E-state index contributed by atoms with van der Waals surface area (Å²) in [5.41, 5.74) is 0. The molecular weight excluding hydrogens is 520 g/mol. The Morgan fingerprint density at radius 1 is 0.571 bits per heavy atom. The molecule has 4 heteroatoms. The molecule has 0 aliphatic carbocycles. The predicted octanol–water partition coefficient (Wildman–Crippen LogP) is 11.6. The Kier molecular flexibility index (Phi) is 30.8. The van der Waals surface area contributed by atoms with E-state index in [4.69, 9.17) is 9.84 Å². The molecule has 0 spiro atoms. The van der Waals surface area contributed by atoms with Crippen molar-refractivity contribution in [3.63, 3.8) is 0 Å². The van der Waals surface area contributed by atoms with Crippen LogP contribution < -0.4 is 0 Å². The van der Waals surface area contributed by atoms with Gasteiger partial charge in [-0.1, -0.05) is 119 Å². The first kappa shape index (κ1) is 39.4. The third kappa shape index (κ3) is 31.9. The van der Waals surface area contributed by atoms with Gasteiger partial charge in [0, 0.05) is 12.8 Å². The third-order valence-electron chi connectivity index (χ3n) is 6.90. The lowest BCUT2D eigenvalue weighted by atomic mass is 10.1. The van der Waals surface area contributed by atoms with Gasteiger partial charge in [0.25, 0.3) is 0 Å². The highest BCUT2D eigenvalue weighted by Crippen LogP contribution is 2.14. The Morgan fingerprint density at radius 3 is 1.67 bits per heavy atom. The van der Waals surface area contributed by atoms with Crippen LogP contribution in [0.15, 0.2) is 72.9 Å². The van der Waals surface area contributed by atoms with E-state index in [0.29, 0.717) is 6.42 Å². The quantitative estimate of drug-likeness (QED) is 0.0541. The molecule has 1 unspecified atom stereocenters. The van der Waals surface area contributed by atoms with Crippen LogP contribution in [0, 0.1) is 0 Å². The molecule has 0 fully saturated rings. The predicted molar refractivity (Wildman–Crippen MR) is 181 cm³/mol. The van der Waals surface area contributed by atoms with Crippen molar-refractivity contribution in [1.82, 2.24) is 0 Å². The second-order valence-corrected chi connectivity index (χ2v) is 11.0. The van der Waals surface area contributed by atoms with E-state index < -0.39 is 5.97 Å². The van der Waals surface area contributed by atoms with Crippen LogP contribution in [0.25, 0.3) is 0 Å². The van der Waals surface area contributed by atoms with Crippen molar-refractivity contribution < 1.29 is 19.4 Å². The Balaban J connectivity index is 4.25. The zero-order valence-corrected chi connectivity index (χ0v) is 27.0. The van der Waals surface area contributed by atoms with Crippen LogP contribution in [-0.4, -0.2) is 23.1 Å². The molecule has 0 aliphatic heterocycles. The molecule has 0 aromatic heterocycles. The van der Waals surface area contributed by atoms with Crippen molar-refractivity contribution in [2.45, 2.75) is 155 Å². The number of aliphatic carboxylic acids is 1. The van der Waals surface area contributed by atoms with Crippen molar-refractivity contribution in [2.24, 2.45) is 0 Å². The summed E-state index contributed by atoms with van der Waals surface area (Å²) in [5, 5.41) is 8.74. The topological polar surface area (TPSA) is 63.6 Å². The molecule has 1 N–H and O–H groups in total. The standard InChI is InChI=1S/C38H62O4/c1-3-5-7-9-11-13-14-15-16-17-18-19-21-27-31-35-38(41)42-36(32-28-24-20-12-10-8-6-4-2)33-29-25-22-23-26-30-34-37(39)40/h5,7,11-13,15-16,18-20,28,32,36H,3-4,6,8-10,14,17,21-27,29-31,33-35H2,1-2H3,(H,39,40)/b7-5-,13-11-,16-15-,19-18-,20-12-,32-28-. The fourth-order valence-electron chi connectivity index (χ4n) is 4.42. The van der Waals surface area contributed by atoms with E-state index in [0.717, 1.165) is 103 Å². The van der Waals surface area contributed by atoms with Crippen LogP contribution >= 0.6 is 0 Å². The summed E-state index contributed by atoms with van der Waals surface area (Å²) in [6.07, 6.45) is 46.4. The van der Waals surface area contributed by atoms with Gasteiger partial charge >= 0.3 is 11.9 Å². The number of esters is 1. The second-order valence-electron chi connectivity index (χ2n) is 11.0. The highest BCUT2D eigenvalue weighted by molar-refractivity contribution is 5.69. The third-order valence-corrected chi connectivity index (χ3v) is 6.90. The van der Waals surface area contributed by atoms with Gasteiger partial charge in [0.15, 0.2) is 0 Å². The summed E-state index contributed by atoms with van der Waals surface area (Å²) in [7, 11) is 0. The van der Waals surface area contributed by atoms with Crippen LogP contribution in [0.3, 0.4) is 0 Å². The number of hydrogen-bond donors (Lipinski definition) is 1. The Morgan fingerprint density at radius 2 is 1.07 bits per heavy atom. The molecule has 0 saturated heterocycles. The molecular formula is C38H62O4. The van der Waals surface area contributed by atoms with E-state index in [1.54, 1.807) is 0 Å². The second kappa shape index (κ2) is 32.9. The summed E-state index contributed by atoms with van der Waals surface area (Å²) in [6.45, 7) is 4.37. The maximum absolute atomic E-state index is 12.5. The summed E-state index contributed by atoms with van der Waals surface area (Å²) < 4.78 is 5.85. The van der Waals surface area contributed by atoms with Crippen molar-refractivity contribution in [1.29, 1.82) is 0 Å². The number of allylic oxidation sites excluding steroid dienone is 11. The lowest BCUT2D eigenvalue weighted by molar-refractivity contribution is -0.147. The number of carboxylic acids is 1. The van der Waals surface area contributed by atoms with Crippen molar-refractivity contribution in [3.05, 3.63) is 72.9 Å². The first-order chi connectivity index (χ1) is 20.6. The Hall–Kier alpha value is -2.62. The van der Waals surface area contributed by atoms with Gasteiger partial charge in [0.1, 0.15) is 6.10 Å². The molecule has 42 heavy (non-hydrogen) atoms. The van der Waals surface area contributed by atoms with Crippen LogP contribution in [0.4, 0.5) is 0 Å². The van der Waals surface area contributed by atoms with Crippen molar-refractivity contribution in [2.75, 3.05) is 0 Å². The number of carbonyl (C=O) groups is 2. The van der Waals surface area contributed by atoms with Gasteiger partial charge in [-0.3, -0.25) is 9.59 Å². The van der Waals surface area contributed by atoms with Gasteiger partial charge in [0.2, 0.25) is 0 Å². The molecule has 238 valence electrons. The smallest absolute Gasteiger partial charge is 0.306 e. The lowest BCUT2D eigenvalue weighted by Gasteiger charge is -2.14. The summed E-state index contributed by atoms with van der Waals surface area (Å²) in [5.74, 6) is -0.810. The molecule has 0 rings (SSSR count). The zero-order valence-electron chi connectivity index (χ0n) is 27.0. The average molecular weight is 583 g/mol. The van der Waals surface area contributed by atoms with E-state index in [2.05, 4.69) is 86.8 Å². The number of carboxylic acid groups (broad SMARTS) is 1. The minimum absolute atomic E-state index is 0.0985. The minimum Gasteiger partial charge on any atom is -0.481 e. The SMILES string of the molecule is CC/C=C\C/C=C\C/C=C\C/C=C\CCCCC(=O)OC(/C=C\C/C=C\CCCCC)CCCCCCCCC(=O)O. The van der Waals surface area contributed by atoms with E-state index in [1.165, 1.54) is 19.3 Å². The maximum Gasteiger partial charge on any atom is 0.306 e. The van der Waals surface area contributed by atoms with E-state index in [-0.39, 0.29) is 18.5 Å². The number of rotatable bonds is 29. The normalized spacial score (nSPS) is 13.2. The number of hydrogen-bond acceptors (Lipinski definition) is 3. The molecule has 0 aromatic carbocycles. The van der Waals surface area contributed by atoms with E-state index in [1.807, 2.05) is 0 Å².